The Morgan fingerprint density at radius 2 is 2.00 bits per heavy atom. The standard InChI is InChI=1S/C17H21N3OS2/c1-11-18-16(22-10-14(21)20-8-3-2-4-9-20)15-12-6-5-7-13(12)23-17(15)19-11/h2-10H2,1H3. The minimum absolute atomic E-state index is 0.256. The van der Waals surface area contributed by atoms with Crippen LogP contribution in [0.2, 0.25) is 0 Å². The van der Waals surface area contributed by atoms with Gasteiger partial charge in [0.25, 0.3) is 0 Å². The lowest BCUT2D eigenvalue weighted by molar-refractivity contribution is -0.129. The van der Waals surface area contributed by atoms with Crippen LogP contribution in [0, 0.1) is 6.92 Å². The number of rotatable bonds is 3. The molecule has 0 saturated carbocycles. The third kappa shape index (κ3) is 2.98. The highest BCUT2D eigenvalue weighted by molar-refractivity contribution is 8.00. The average Bonchev–Trinajstić information content (AvgIpc) is 3.13. The Bertz CT molecular complexity index is 750. The maximum atomic E-state index is 12.4. The van der Waals surface area contributed by atoms with E-state index >= 15 is 0 Å². The highest BCUT2D eigenvalue weighted by Gasteiger charge is 2.23. The summed E-state index contributed by atoms with van der Waals surface area (Å²) in [5.74, 6) is 1.56. The normalized spacial score (nSPS) is 17.7. The summed E-state index contributed by atoms with van der Waals surface area (Å²) >= 11 is 3.42. The fourth-order valence-electron chi connectivity index (χ4n) is 3.53. The summed E-state index contributed by atoms with van der Waals surface area (Å²) in [5.41, 5.74) is 1.44. The molecule has 1 amide bonds. The molecule has 0 radical (unpaired) electrons. The van der Waals surface area contributed by atoms with Gasteiger partial charge in [0, 0.05) is 23.4 Å². The van der Waals surface area contributed by atoms with Crippen molar-refractivity contribution >= 4 is 39.2 Å². The molecule has 0 atom stereocenters. The summed E-state index contributed by atoms with van der Waals surface area (Å²) in [4.78, 5) is 26.3. The van der Waals surface area contributed by atoms with Crippen molar-refractivity contribution in [3.05, 3.63) is 16.3 Å². The smallest absolute Gasteiger partial charge is 0.232 e. The molecule has 122 valence electrons. The summed E-state index contributed by atoms with van der Waals surface area (Å²) in [6.07, 6.45) is 7.09. The van der Waals surface area contributed by atoms with Crippen LogP contribution in [0.3, 0.4) is 0 Å². The lowest BCUT2D eigenvalue weighted by atomic mass is 10.1. The van der Waals surface area contributed by atoms with Gasteiger partial charge >= 0.3 is 0 Å². The average molecular weight is 348 g/mol. The van der Waals surface area contributed by atoms with Crippen LogP contribution in [0.4, 0.5) is 0 Å². The molecule has 3 heterocycles. The first-order valence-electron chi connectivity index (χ1n) is 8.42. The molecule has 2 aromatic heterocycles. The minimum atomic E-state index is 0.256. The predicted octanol–water partition coefficient (Wildman–Crippen LogP) is 3.59. The van der Waals surface area contributed by atoms with Crippen LogP contribution in [-0.2, 0) is 17.6 Å². The number of fused-ring (bicyclic) bond motifs is 3. The Labute approximate surface area is 144 Å². The summed E-state index contributed by atoms with van der Waals surface area (Å²) in [7, 11) is 0. The number of nitrogens with zero attached hydrogens (tertiary/aromatic N) is 3. The zero-order valence-corrected chi connectivity index (χ0v) is 15.1. The van der Waals surface area contributed by atoms with Gasteiger partial charge in [0.05, 0.1) is 5.75 Å². The quantitative estimate of drug-likeness (QED) is 0.629. The number of hydrogen-bond acceptors (Lipinski definition) is 5. The van der Waals surface area contributed by atoms with Gasteiger partial charge in [-0.25, -0.2) is 9.97 Å². The molecule has 0 spiro atoms. The van der Waals surface area contributed by atoms with Crippen LogP contribution in [0.25, 0.3) is 10.2 Å². The van der Waals surface area contributed by atoms with Gasteiger partial charge < -0.3 is 4.90 Å². The Morgan fingerprint density at radius 1 is 1.17 bits per heavy atom. The molecular formula is C17H21N3OS2. The third-order valence-electron chi connectivity index (χ3n) is 4.68. The second-order valence-corrected chi connectivity index (χ2v) is 8.39. The number of thiophene rings is 1. The van der Waals surface area contributed by atoms with Crippen LogP contribution >= 0.6 is 23.1 Å². The zero-order valence-electron chi connectivity index (χ0n) is 13.4. The van der Waals surface area contributed by atoms with Gasteiger partial charge in [0.2, 0.25) is 5.91 Å². The molecule has 2 aliphatic rings. The van der Waals surface area contributed by atoms with E-state index in [1.165, 1.54) is 35.1 Å². The minimum Gasteiger partial charge on any atom is -0.342 e. The summed E-state index contributed by atoms with van der Waals surface area (Å²) < 4.78 is 0. The van der Waals surface area contributed by atoms with Crippen LogP contribution in [-0.4, -0.2) is 39.6 Å². The fourth-order valence-corrected chi connectivity index (χ4v) is 5.91. The van der Waals surface area contributed by atoms with E-state index in [1.54, 1.807) is 11.8 Å². The molecule has 0 unspecified atom stereocenters. The number of aromatic nitrogens is 2. The van der Waals surface area contributed by atoms with Crippen LogP contribution in [0.5, 0.6) is 0 Å². The van der Waals surface area contributed by atoms with Crippen molar-refractivity contribution in [3.8, 4) is 0 Å². The van der Waals surface area contributed by atoms with E-state index in [1.807, 2.05) is 23.2 Å². The molecule has 0 N–H and O–H groups in total. The maximum absolute atomic E-state index is 12.4. The van der Waals surface area contributed by atoms with E-state index in [0.717, 1.165) is 48.0 Å². The topological polar surface area (TPSA) is 46.1 Å². The first kappa shape index (κ1) is 15.4. The van der Waals surface area contributed by atoms with E-state index in [2.05, 4.69) is 9.97 Å². The zero-order chi connectivity index (χ0) is 15.8. The number of amides is 1. The second-order valence-electron chi connectivity index (χ2n) is 6.34. The SMILES string of the molecule is Cc1nc(SCC(=O)N2CCCCC2)c2c3c(sc2n1)CCC3. The molecule has 1 saturated heterocycles. The molecule has 4 rings (SSSR count). The monoisotopic (exact) mass is 347 g/mol. The summed E-state index contributed by atoms with van der Waals surface area (Å²) in [6, 6.07) is 0. The molecule has 1 aliphatic carbocycles. The first-order valence-corrected chi connectivity index (χ1v) is 10.2. The maximum Gasteiger partial charge on any atom is 0.232 e. The van der Waals surface area contributed by atoms with Crippen LogP contribution < -0.4 is 0 Å². The van der Waals surface area contributed by atoms with Gasteiger partial charge in [-0.1, -0.05) is 11.8 Å². The molecule has 1 fully saturated rings. The first-order chi connectivity index (χ1) is 11.2. The van der Waals surface area contributed by atoms with E-state index < -0.39 is 0 Å². The lowest BCUT2D eigenvalue weighted by Crippen LogP contribution is -2.36. The largest absolute Gasteiger partial charge is 0.342 e. The van der Waals surface area contributed by atoms with Crippen molar-refractivity contribution in [1.82, 2.24) is 14.9 Å². The predicted molar refractivity (Wildman–Crippen MR) is 95.3 cm³/mol. The molecule has 0 bridgehead atoms. The number of carbonyl (C=O) groups is 1. The molecular weight excluding hydrogens is 326 g/mol. The molecule has 2 aromatic rings. The Hall–Kier alpha value is -1.14. The van der Waals surface area contributed by atoms with Crippen molar-refractivity contribution in [2.45, 2.75) is 50.5 Å². The van der Waals surface area contributed by atoms with E-state index in [9.17, 15) is 4.79 Å². The molecule has 4 nitrogen and oxygen atoms in total. The van der Waals surface area contributed by atoms with Gasteiger partial charge in [-0.3, -0.25) is 4.79 Å². The molecule has 6 heteroatoms. The van der Waals surface area contributed by atoms with Crippen molar-refractivity contribution < 1.29 is 4.79 Å². The number of carbonyl (C=O) groups excluding carboxylic acids is 1. The van der Waals surface area contributed by atoms with Gasteiger partial charge in [-0.15, -0.1) is 11.3 Å². The van der Waals surface area contributed by atoms with Gasteiger partial charge in [0.1, 0.15) is 15.7 Å². The van der Waals surface area contributed by atoms with Gasteiger partial charge in [-0.05, 0) is 51.0 Å². The highest BCUT2D eigenvalue weighted by Crippen LogP contribution is 2.40. The molecule has 23 heavy (non-hydrogen) atoms. The van der Waals surface area contributed by atoms with Gasteiger partial charge in [-0.2, -0.15) is 0 Å². The Balaban J connectivity index is 1.57. The number of piperidine rings is 1. The van der Waals surface area contributed by atoms with E-state index in [4.69, 9.17) is 0 Å². The third-order valence-corrected chi connectivity index (χ3v) is 6.83. The van der Waals surface area contributed by atoms with Crippen molar-refractivity contribution in [1.29, 1.82) is 0 Å². The highest BCUT2D eigenvalue weighted by atomic mass is 32.2. The van der Waals surface area contributed by atoms with E-state index in [-0.39, 0.29) is 5.91 Å². The Morgan fingerprint density at radius 3 is 2.83 bits per heavy atom. The van der Waals surface area contributed by atoms with Crippen LogP contribution in [0.15, 0.2) is 5.03 Å². The molecule has 0 aromatic carbocycles. The number of hydrogen-bond donors (Lipinski definition) is 0. The Kier molecular flexibility index (Phi) is 4.28. The van der Waals surface area contributed by atoms with Crippen LogP contribution in [0.1, 0.15) is 41.9 Å². The summed E-state index contributed by atoms with van der Waals surface area (Å²) in [5, 5.41) is 2.24. The van der Waals surface area contributed by atoms with Crippen molar-refractivity contribution in [2.75, 3.05) is 18.8 Å². The van der Waals surface area contributed by atoms with Crippen molar-refractivity contribution in [2.24, 2.45) is 0 Å². The second kappa shape index (κ2) is 6.40. The number of aryl methyl sites for hydroxylation is 3. The molecule has 1 aliphatic heterocycles. The summed E-state index contributed by atoms with van der Waals surface area (Å²) in [6.45, 7) is 3.79. The number of thioether (sulfide) groups is 1. The fraction of sp³-hybridized carbons (Fsp3) is 0.588. The lowest BCUT2D eigenvalue weighted by Gasteiger charge is -2.26. The number of likely N-dealkylation sites (tertiary alicyclic amines) is 1. The van der Waals surface area contributed by atoms with Crippen molar-refractivity contribution in [3.63, 3.8) is 0 Å². The van der Waals surface area contributed by atoms with Gasteiger partial charge in [0.15, 0.2) is 0 Å². The van der Waals surface area contributed by atoms with E-state index in [0.29, 0.717) is 5.75 Å².